The molecule has 2 atom stereocenters. The predicted octanol–water partition coefficient (Wildman–Crippen LogP) is 4.37. The second-order valence-electron chi connectivity index (χ2n) is 6.82. The van der Waals surface area contributed by atoms with Gasteiger partial charge in [0, 0.05) is 18.7 Å². The van der Waals surface area contributed by atoms with Crippen LogP contribution < -0.4 is 20.1 Å². The highest BCUT2D eigenvalue weighted by atomic mass is 19.1. The number of amides is 1. The molecule has 1 aliphatic heterocycles. The third kappa shape index (κ3) is 5.12. The molecule has 0 saturated carbocycles. The summed E-state index contributed by atoms with van der Waals surface area (Å²) in [6, 6.07) is 22.1. The Balaban J connectivity index is 1.29. The van der Waals surface area contributed by atoms with Gasteiger partial charge >= 0.3 is 0 Å². The average Bonchev–Trinajstić information content (AvgIpc) is 3.21. The van der Waals surface area contributed by atoms with Crippen molar-refractivity contribution in [2.24, 2.45) is 0 Å². The molecule has 4 rings (SSSR count). The maximum Gasteiger partial charge on any atom is 0.241 e. The van der Waals surface area contributed by atoms with Crippen LogP contribution in [0.1, 0.15) is 6.42 Å². The molecule has 3 aromatic rings. The molecule has 3 aromatic carbocycles. The monoisotopic (exact) mass is 392 g/mol. The highest BCUT2D eigenvalue weighted by Gasteiger charge is 2.30. The van der Waals surface area contributed by atoms with E-state index >= 15 is 0 Å². The van der Waals surface area contributed by atoms with Crippen LogP contribution in [0.25, 0.3) is 0 Å². The Hall–Kier alpha value is -3.38. The van der Waals surface area contributed by atoms with Crippen LogP contribution in [0.5, 0.6) is 17.2 Å². The fourth-order valence-electron chi connectivity index (χ4n) is 3.16. The number of benzene rings is 3. The molecule has 29 heavy (non-hydrogen) atoms. The minimum Gasteiger partial charge on any atom is -0.489 e. The zero-order valence-electron chi connectivity index (χ0n) is 15.7. The van der Waals surface area contributed by atoms with Gasteiger partial charge in [0.2, 0.25) is 5.91 Å². The third-order valence-electron chi connectivity index (χ3n) is 4.62. The number of nitrogens with one attached hydrogen (secondary N) is 2. The first-order valence-electron chi connectivity index (χ1n) is 9.45. The fraction of sp³-hybridized carbons (Fsp3) is 0.174. The van der Waals surface area contributed by atoms with Crippen LogP contribution in [0, 0.1) is 5.82 Å². The van der Waals surface area contributed by atoms with Gasteiger partial charge in [0.05, 0.1) is 6.04 Å². The van der Waals surface area contributed by atoms with Crippen molar-refractivity contribution in [1.82, 2.24) is 5.32 Å². The Kier molecular flexibility index (Phi) is 5.72. The molecule has 1 heterocycles. The molecule has 1 saturated heterocycles. The molecule has 2 unspecified atom stereocenters. The Labute approximate surface area is 168 Å². The molecule has 2 N–H and O–H groups in total. The third-order valence-corrected chi connectivity index (χ3v) is 4.62. The van der Waals surface area contributed by atoms with E-state index in [1.165, 1.54) is 12.1 Å². The number of hydrogen-bond donors (Lipinski definition) is 2. The van der Waals surface area contributed by atoms with E-state index in [2.05, 4.69) is 10.6 Å². The Morgan fingerprint density at radius 1 is 0.897 bits per heavy atom. The van der Waals surface area contributed by atoms with Gasteiger partial charge in [-0.15, -0.1) is 0 Å². The molecule has 6 heteroatoms. The Morgan fingerprint density at radius 3 is 2.24 bits per heavy atom. The van der Waals surface area contributed by atoms with E-state index in [-0.39, 0.29) is 23.9 Å². The molecule has 5 nitrogen and oxygen atoms in total. The van der Waals surface area contributed by atoms with E-state index in [1.54, 1.807) is 36.4 Å². The summed E-state index contributed by atoms with van der Waals surface area (Å²) in [5, 5.41) is 6.11. The predicted molar refractivity (Wildman–Crippen MR) is 109 cm³/mol. The first-order chi connectivity index (χ1) is 14.2. The van der Waals surface area contributed by atoms with Crippen LogP contribution in [0.2, 0.25) is 0 Å². The topological polar surface area (TPSA) is 59.6 Å². The van der Waals surface area contributed by atoms with Crippen LogP contribution in [-0.4, -0.2) is 24.6 Å². The van der Waals surface area contributed by atoms with Gasteiger partial charge < -0.3 is 20.1 Å². The summed E-state index contributed by atoms with van der Waals surface area (Å²) in [7, 11) is 0. The maximum absolute atomic E-state index is 13.0. The maximum atomic E-state index is 13.0. The van der Waals surface area contributed by atoms with Crippen LogP contribution in [0.3, 0.4) is 0 Å². The van der Waals surface area contributed by atoms with Crippen LogP contribution in [0.4, 0.5) is 10.1 Å². The van der Waals surface area contributed by atoms with Gasteiger partial charge in [-0.25, -0.2) is 4.39 Å². The highest BCUT2D eigenvalue weighted by Crippen LogP contribution is 2.24. The summed E-state index contributed by atoms with van der Waals surface area (Å²) in [6.45, 7) is 0.622. The summed E-state index contributed by atoms with van der Waals surface area (Å²) >= 11 is 0. The second kappa shape index (κ2) is 8.75. The van der Waals surface area contributed by atoms with Gasteiger partial charge in [-0.3, -0.25) is 4.79 Å². The number of carbonyl (C=O) groups excluding carboxylic acids is 1. The molecular formula is C23H21FN2O3. The lowest BCUT2D eigenvalue weighted by atomic mass is 10.2. The fourth-order valence-corrected chi connectivity index (χ4v) is 3.16. The van der Waals surface area contributed by atoms with Gasteiger partial charge in [-0.1, -0.05) is 18.2 Å². The minimum atomic E-state index is -0.313. The lowest BCUT2D eigenvalue weighted by molar-refractivity contribution is -0.117. The smallest absolute Gasteiger partial charge is 0.241 e. The first-order valence-corrected chi connectivity index (χ1v) is 9.45. The zero-order chi connectivity index (χ0) is 20.1. The van der Waals surface area contributed by atoms with Crippen LogP contribution >= 0.6 is 0 Å². The van der Waals surface area contributed by atoms with Gasteiger partial charge in [-0.2, -0.15) is 0 Å². The normalized spacial score (nSPS) is 18.2. The standard InChI is InChI=1S/C23H21FN2O3/c24-16-6-10-19(11-7-16)28-20-12-8-17(9-13-20)26-23(27)22-14-21(15-25-22)29-18-4-2-1-3-5-18/h1-13,21-22,25H,14-15H2,(H,26,27). The number of ether oxygens (including phenoxy) is 2. The average molecular weight is 392 g/mol. The molecule has 148 valence electrons. The lowest BCUT2D eigenvalue weighted by Crippen LogP contribution is -2.35. The summed E-state index contributed by atoms with van der Waals surface area (Å²) in [6.07, 6.45) is 0.562. The molecule has 0 aliphatic carbocycles. The number of carbonyl (C=O) groups is 1. The van der Waals surface area contributed by atoms with Gasteiger partial charge in [-0.05, 0) is 60.7 Å². The number of rotatable bonds is 6. The van der Waals surface area contributed by atoms with Crippen molar-refractivity contribution < 1.29 is 18.7 Å². The second-order valence-corrected chi connectivity index (χ2v) is 6.82. The molecule has 0 bridgehead atoms. The SMILES string of the molecule is O=C(Nc1ccc(Oc2ccc(F)cc2)cc1)C1CC(Oc2ccccc2)CN1. The first kappa shape index (κ1) is 19.0. The van der Waals surface area contributed by atoms with Crippen LogP contribution in [0.15, 0.2) is 78.9 Å². The zero-order valence-corrected chi connectivity index (χ0v) is 15.7. The number of hydrogen-bond acceptors (Lipinski definition) is 4. The summed E-state index contributed by atoms with van der Waals surface area (Å²) < 4.78 is 24.5. The molecular weight excluding hydrogens is 371 g/mol. The van der Waals surface area contributed by atoms with E-state index in [4.69, 9.17) is 9.47 Å². The lowest BCUT2D eigenvalue weighted by Gasteiger charge is -2.13. The minimum absolute atomic E-state index is 0.0420. The number of para-hydroxylation sites is 1. The molecule has 1 amide bonds. The molecule has 1 aliphatic rings. The van der Waals surface area contributed by atoms with E-state index in [0.717, 1.165) is 5.75 Å². The highest BCUT2D eigenvalue weighted by molar-refractivity contribution is 5.95. The van der Waals surface area contributed by atoms with Crippen molar-refractivity contribution in [2.75, 3.05) is 11.9 Å². The molecule has 0 spiro atoms. The largest absolute Gasteiger partial charge is 0.489 e. The van der Waals surface area contributed by atoms with Crippen molar-refractivity contribution in [1.29, 1.82) is 0 Å². The van der Waals surface area contributed by atoms with Crippen molar-refractivity contribution in [3.05, 3.63) is 84.7 Å². The number of halogens is 1. The molecule has 0 radical (unpaired) electrons. The van der Waals surface area contributed by atoms with Gasteiger partial charge in [0.15, 0.2) is 0 Å². The van der Waals surface area contributed by atoms with E-state index in [0.29, 0.717) is 30.2 Å². The van der Waals surface area contributed by atoms with Crippen molar-refractivity contribution >= 4 is 11.6 Å². The quantitative estimate of drug-likeness (QED) is 0.654. The Bertz CT molecular complexity index is 946. The number of anilines is 1. The molecule has 1 fully saturated rings. The van der Waals surface area contributed by atoms with Gasteiger partial charge in [0.25, 0.3) is 0 Å². The van der Waals surface area contributed by atoms with Crippen LogP contribution in [-0.2, 0) is 4.79 Å². The summed E-state index contributed by atoms with van der Waals surface area (Å²) in [4.78, 5) is 12.5. The Morgan fingerprint density at radius 2 is 1.55 bits per heavy atom. The van der Waals surface area contributed by atoms with Gasteiger partial charge in [0.1, 0.15) is 29.2 Å². The molecule has 0 aromatic heterocycles. The van der Waals surface area contributed by atoms with Crippen molar-refractivity contribution in [3.8, 4) is 17.2 Å². The van der Waals surface area contributed by atoms with E-state index in [9.17, 15) is 9.18 Å². The van der Waals surface area contributed by atoms with E-state index in [1.807, 2.05) is 30.3 Å². The van der Waals surface area contributed by atoms with E-state index < -0.39 is 0 Å². The van der Waals surface area contributed by atoms with Crippen molar-refractivity contribution in [3.63, 3.8) is 0 Å². The summed E-state index contributed by atoms with van der Waals surface area (Å²) in [5.74, 6) is 1.54. The summed E-state index contributed by atoms with van der Waals surface area (Å²) in [5.41, 5.74) is 0.677. The van der Waals surface area contributed by atoms with Crippen molar-refractivity contribution in [2.45, 2.75) is 18.6 Å².